The fraction of sp³-hybridized carbons (Fsp3) is 0.480. The van der Waals surface area contributed by atoms with Crippen LogP contribution in [0.15, 0.2) is 30.3 Å². The lowest BCUT2D eigenvalue weighted by Crippen LogP contribution is -2.28. The highest BCUT2D eigenvalue weighted by Crippen LogP contribution is 2.48. The van der Waals surface area contributed by atoms with Crippen molar-refractivity contribution in [3.8, 4) is 16.9 Å². The van der Waals surface area contributed by atoms with Crippen LogP contribution in [0, 0.1) is 6.92 Å². The van der Waals surface area contributed by atoms with Crippen LogP contribution in [-0.2, 0) is 16.0 Å². The lowest BCUT2D eigenvalue weighted by Gasteiger charge is -2.29. The van der Waals surface area contributed by atoms with E-state index in [-0.39, 0.29) is 0 Å². The van der Waals surface area contributed by atoms with Gasteiger partial charge in [-0.25, -0.2) is 4.79 Å². The molecule has 4 rings (SSSR count). The van der Waals surface area contributed by atoms with Gasteiger partial charge in [-0.05, 0) is 99.2 Å². The van der Waals surface area contributed by atoms with Gasteiger partial charge >= 0.3 is 5.97 Å². The predicted molar refractivity (Wildman–Crippen MR) is 114 cm³/mol. The first-order chi connectivity index (χ1) is 13.7. The SMILES string of the molecule is Cc1ccc(C2CC2)c(-c2ccc3c(c2)CCCO3)c1[C@H](OC(C)(C)C)C(=O)O. The molecule has 1 saturated carbocycles. The van der Waals surface area contributed by atoms with Gasteiger partial charge < -0.3 is 14.6 Å². The highest BCUT2D eigenvalue weighted by Gasteiger charge is 2.35. The minimum Gasteiger partial charge on any atom is -0.493 e. The molecule has 2 aromatic carbocycles. The van der Waals surface area contributed by atoms with Gasteiger partial charge in [0.05, 0.1) is 12.2 Å². The van der Waals surface area contributed by atoms with E-state index in [1.807, 2.05) is 33.8 Å². The molecule has 1 atom stereocenters. The molecule has 1 N–H and O–H groups in total. The maximum absolute atomic E-state index is 12.3. The second kappa shape index (κ2) is 7.49. The Hall–Kier alpha value is -2.33. The van der Waals surface area contributed by atoms with E-state index < -0.39 is 17.7 Å². The molecule has 0 amide bonds. The van der Waals surface area contributed by atoms with E-state index >= 15 is 0 Å². The molecule has 2 aliphatic rings. The zero-order valence-electron chi connectivity index (χ0n) is 17.7. The topological polar surface area (TPSA) is 55.8 Å². The molecule has 0 spiro atoms. The summed E-state index contributed by atoms with van der Waals surface area (Å²) in [6.07, 6.45) is 3.31. The summed E-state index contributed by atoms with van der Waals surface area (Å²) in [7, 11) is 0. The molecule has 4 heteroatoms. The summed E-state index contributed by atoms with van der Waals surface area (Å²) in [5.41, 5.74) is 5.73. The Bertz CT molecular complexity index is 935. The molecule has 0 radical (unpaired) electrons. The van der Waals surface area contributed by atoms with E-state index in [2.05, 4.69) is 24.3 Å². The Morgan fingerprint density at radius 1 is 1.21 bits per heavy atom. The van der Waals surface area contributed by atoms with Crippen molar-refractivity contribution < 1.29 is 19.4 Å². The molecule has 1 aliphatic heterocycles. The third-order valence-electron chi connectivity index (χ3n) is 5.67. The lowest BCUT2D eigenvalue weighted by atomic mass is 9.85. The zero-order valence-corrected chi connectivity index (χ0v) is 17.7. The number of carboxylic acid groups (broad SMARTS) is 1. The third-order valence-corrected chi connectivity index (χ3v) is 5.67. The van der Waals surface area contributed by atoms with Crippen molar-refractivity contribution in [2.45, 2.75) is 71.0 Å². The van der Waals surface area contributed by atoms with Crippen LogP contribution < -0.4 is 4.74 Å². The number of aliphatic carboxylic acids is 1. The van der Waals surface area contributed by atoms with Crippen molar-refractivity contribution in [1.82, 2.24) is 0 Å². The molecule has 1 aliphatic carbocycles. The second-order valence-electron chi connectivity index (χ2n) is 9.26. The molecule has 2 aromatic rings. The number of carboxylic acids is 1. The van der Waals surface area contributed by atoms with Gasteiger partial charge in [0, 0.05) is 5.56 Å². The predicted octanol–water partition coefficient (Wildman–Crippen LogP) is 5.81. The Labute approximate surface area is 172 Å². The van der Waals surface area contributed by atoms with Gasteiger partial charge in [-0.1, -0.05) is 18.2 Å². The van der Waals surface area contributed by atoms with Crippen molar-refractivity contribution in [1.29, 1.82) is 0 Å². The average molecular weight is 395 g/mol. The number of ether oxygens (including phenoxy) is 2. The van der Waals surface area contributed by atoms with Gasteiger partial charge in [-0.2, -0.15) is 0 Å². The first kappa shape index (κ1) is 20.0. The largest absolute Gasteiger partial charge is 0.493 e. The lowest BCUT2D eigenvalue weighted by molar-refractivity contribution is -0.160. The zero-order chi connectivity index (χ0) is 20.8. The number of aryl methyl sites for hydroxylation is 2. The molecular formula is C25H30O4. The second-order valence-corrected chi connectivity index (χ2v) is 9.26. The molecule has 0 aromatic heterocycles. The van der Waals surface area contributed by atoms with E-state index in [1.54, 1.807) is 0 Å². The molecule has 1 fully saturated rings. The first-order valence-electron chi connectivity index (χ1n) is 10.5. The number of benzene rings is 2. The summed E-state index contributed by atoms with van der Waals surface area (Å²) < 4.78 is 11.9. The third kappa shape index (κ3) is 4.18. The van der Waals surface area contributed by atoms with Gasteiger partial charge in [0.15, 0.2) is 6.10 Å². The number of carbonyl (C=O) groups is 1. The van der Waals surface area contributed by atoms with Crippen LogP contribution in [0.5, 0.6) is 5.75 Å². The molecule has 1 heterocycles. The summed E-state index contributed by atoms with van der Waals surface area (Å²) >= 11 is 0. The smallest absolute Gasteiger partial charge is 0.337 e. The Kier molecular flexibility index (Phi) is 5.16. The van der Waals surface area contributed by atoms with Crippen LogP contribution in [0.4, 0.5) is 0 Å². The van der Waals surface area contributed by atoms with Crippen LogP contribution >= 0.6 is 0 Å². The minimum atomic E-state index is -1.00. The van der Waals surface area contributed by atoms with E-state index in [1.165, 1.54) is 11.1 Å². The quantitative estimate of drug-likeness (QED) is 0.696. The number of hydrogen-bond donors (Lipinski definition) is 1. The maximum Gasteiger partial charge on any atom is 0.337 e. The average Bonchev–Trinajstić information content (AvgIpc) is 3.50. The fourth-order valence-electron chi connectivity index (χ4n) is 4.24. The number of hydrogen-bond acceptors (Lipinski definition) is 3. The number of rotatable bonds is 5. The van der Waals surface area contributed by atoms with Crippen molar-refractivity contribution >= 4 is 5.97 Å². The van der Waals surface area contributed by atoms with Crippen LogP contribution in [-0.4, -0.2) is 23.3 Å². The molecule has 0 bridgehead atoms. The van der Waals surface area contributed by atoms with Crippen LogP contribution in [0.2, 0.25) is 0 Å². The summed E-state index contributed by atoms with van der Waals surface area (Å²) in [5, 5.41) is 10.1. The van der Waals surface area contributed by atoms with Crippen molar-refractivity contribution in [3.05, 3.63) is 52.6 Å². The molecular weight excluding hydrogens is 364 g/mol. The Morgan fingerprint density at radius 2 is 1.97 bits per heavy atom. The highest BCUT2D eigenvalue weighted by atomic mass is 16.5. The van der Waals surface area contributed by atoms with Gasteiger partial charge in [0.1, 0.15) is 5.75 Å². The molecule has 4 nitrogen and oxygen atoms in total. The summed E-state index contributed by atoms with van der Waals surface area (Å²) in [4.78, 5) is 12.3. The molecule has 0 unspecified atom stereocenters. The van der Waals surface area contributed by atoms with Crippen LogP contribution in [0.3, 0.4) is 0 Å². The van der Waals surface area contributed by atoms with Gasteiger partial charge in [-0.3, -0.25) is 0 Å². The maximum atomic E-state index is 12.3. The van der Waals surface area contributed by atoms with E-state index in [4.69, 9.17) is 9.47 Å². The normalized spacial score (nSPS) is 17.4. The molecule has 154 valence electrons. The van der Waals surface area contributed by atoms with E-state index in [0.717, 1.165) is 60.3 Å². The van der Waals surface area contributed by atoms with Crippen LogP contribution in [0.25, 0.3) is 11.1 Å². The summed E-state index contributed by atoms with van der Waals surface area (Å²) in [5.74, 6) is 0.502. The highest BCUT2D eigenvalue weighted by molar-refractivity contribution is 5.83. The number of fused-ring (bicyclic) bond motifs is 1. The fourth-order valence-corrected chi connectivity index (χ4v) is 4.24. The van der Waals surface area contributed by atoms with Gasteiger partial charge in [-0.15, -0.1) is 0 Å². The first-order valence-corrected chi connectivity index (χ1v) is 10.5. The summed E-state index contributed by atoms with van der Waals surface area (Å²) in [6.45, 7) is 8.45. The molecule has 29 heavy (non-hydrogen) atoms. The van der Waals surface area contributed by atoms with E-state index in [9.17, 15) is 9.90 Å². The van der Waals surface area contributed by atoms with Gasteiger partial charge in [0.25, 0.3) is 0 Å². The monoisotopic (exact) mass is 394 g/mol. The standard InChI is InChI=1S/C25H30O4/c1-15-7-11-19(16-8-9-16)22(21(15)23(24(26)27)29-25(2,3)4)18-10-12-20-17(14-18)6-5-13-28-20/h7,10-12,14,16,23H,5-6,8-9,13H2,1-4H3,(H,26,27)/t23-/m0/s1. The Balaban J connectivity index is 1.92. The van der Waals surface area contributed by atoms with Crippen molar-refractivity contribution in [3.63, 3.8) is 0 Å². The van der Waals surface area contributed by atoms with Gasteiger partial charge in [0.2, 0.25) is 0 Å². The van der Waals surface area contributed by atoms with Crippen molar-refractivity contribution in [2.75, 3.05) is 6.61 Å². The summed E-state index contributed by atoms with van der Waals surface area (Å²) in [6, 6.07) is 10.5. The Morgan fingerprint density at radius 3 is 2.62 bits per heavy atom. The van der Waals surface area contributed by atoms with E-state index in [0.29, 0.717) is 5.92 Å². The minimum absolute atomic E-state index is 0.501. The van der Waals surface area contributed by atoms with Crippen LogP contribution in [0.1, 0.15) is 74.3 Å². The van der Waals surface area contributed by atoms with Crippen molar-refractivity contribution in [2.24, 2.45) is 0 Å². The molecule has 0 saturated heterocycles.